The van der Waals surface area contributed by atoms with E-state index in [9.17, 15) is 9.59 Å². The number of hydrogen-bond acceptors (Lipinski definition) is 6. The fraction of sp³-hybridized carbons (Fsp3) is 0.114. The van der Waals surface area contributed by atoms with E-state index in [-0.39, 0.29) is 18.1 Å². The van der Waals surface area contributed by atoms with Crippen LogP contribution in [0.5, 0.6) is 11.5 Å². The Morgan fingerprint density at radius 1 is 0.978 bits per heavy atom. The first-order chi connectivity index (χ1) is 22.2. The molecule has 0 radical (unpaired) electrons. The van der Waals surface area contributed by atoms with Gasteiger partial charge in [0, 0.05) is 31.9 Å². The van der Waals surface area contributed by atoms with E-state index in [0.29, 0.717) is 58.4 Å². The van der Waals surface area contributed by atoms with Crippen molar-refractivity contribution in [3.05, 3.63) is 154 Å². The Kier molecular flexibility index (Phi) is 9.33. The number of para-hydroxylation sites is 1. The zero-order valence-corrected chi connectivity index (χ0v) is 27.7. The average Bonchev–Trinajstić information content (AvgIpc) is 3.34. The molecule has 46 heavy (non-hydrogen) atoms. The number of methoxy groups -OCH3 is 1. The summed E-state index contributed by atoms with van der Waals surface area (Å²) < 4.78 is 13.4. The Hall–Kier alpha value is -4.34. The minimum atomic E-state index is -0.741. The summed E-state index contributed by atoms with van der Waals surface area (Å²) in [5.41, 5.74) is 3.27. The molecule has 0 aliphatic carbocycles. The number of benzene rings is 4. The maximum Gasteiger partial charge on any atom is 0.271 e. The van der Waals surface area contributed by atoms with Crippen molar-refractivity contribution < 1.29 is 14.3 Å². The summed E-state index contributed by atoms with van der Waals surface area (Å²) in [4.78, 5) is 33.2. The second-order valence-corrected chi connectivity index (χ2v) is 12.7. The zero-order valence-electron chi connectivity index (χ0n) is 24.6. The maximum atomic E-state index is 14.2. The molecule has 1 aliphatic rings. The highest BCUT2D eigenvalue weighted by molar-refractivity contribution is 7.07. The lowest BCUT2D eigenvalue weighted by Crippen LogP contribution is -2.40. The molecule has 5 aromatic rings. The molecule has 7 nitrogen and oxygen atoms in total. The Balaban J connectivity index is 1.44. The molecule has 232 valence electrons. The highest BCUT2D eigenvalue weighted by Gasteiger charge is 2.32. The molecule has 11 heteroatoms. The number of amides is 1. The van der Waals surface area contributed by atoms with E-state index in [1.807, 2.05) is 30.3 Å². The highest BCUT2D eigenvalue weighted by atomic mass is 35.5. The number of fused-ring (bicyclic) bond motifs is 1. The van der Waals surface area contributed by atoms with E-state index in [2.05, 4.69) is 5.32 Å². The van der Waals surface area contributed by atoms with Crippen LogP contribution in [0.2, 0.25) is 15.1 Å². The van der Waals surface area contributed by atoms with E-state index < -0.39 is 6.04 Å². The smallest absolute Gasteiger partial charge is 0.271 e. The fourth-order valence-corrected chi connectivity index (χ4v) is 6.81. The molecular weight excluding hydrogens is 665 g/mol. The monoisotopic (exact) mass is 689 g/mol. The van der Waals surface area contributed by atoms with Gasteiger partial charge in [0.2, 0.25) is 0 Å². The van der Waals surface area contributed by atoms with Crippen LogP contribution in [-0.4, -0.2) is 17.6 Å². The van der Waals surface area contributed by atoms with Gasteiger partial charge >= 0.3 is 0 Å². The van der Waals surface area contributed by atoms with Crippen molar-refractivity contribution in [3.8, 4) is 11.5 Å². The number of carbonyl (C=O) groups is 1. The van der Waals surface area contributed by atoms with Gasteiger partial charge in [-0.3, -0.25) is 14.2 Å². The third-order valence-corrected chi connectivity index (χ3v) is 9.19. The van der Waals surface area contributed by atoms with Gasteiger partial charge in [0.15, 0.2) is 4.80 Å². The van der Waals surface area contributed by atoms with Crippen LogP contribution in [0, 0.1) is 0 Å². The summed E-state index contributed by atoms with van der Waals surface area (Å²) in [5, 5.41) is 4.45. The van der Waals surface area contributed by atoms with Crippen molar-refractivity contribution in [3.63, 3.8) is 0 Å². The van der Waals surface area contributed by atoms with Gasteiger partial charge in [-0.05, 0) is 73.2 Å². The van der Waals surface area contributed by atoms with Crippen molar-refractivity contribution >= 4 is 63.8 Å². The average molecular weight is 691 g/mol. The standard InChI is InChI=1S/C35H26Cl3N3O4S/c1-20-31(33(42)40-26-6-4-3-5-7-26)32(21-9-13-27(44-2)14-10-21)41-34(43)30(46-35(41)39-20)17-23-16-24(36)12-15-29(23)45-19-22-8-11-25(37)18-28(22)38/h3-18,32H,19H2,1-2H3,(H,40,42)/b30-17+/t32-/m1/s1. The number of allylic oxidation sites excluding steroid dienone is 1. The number of aromatic nitrogens is 1. The lowest BCUT2D eigenvalue weighted by Gasteiger charge is -2.25. The largest absolute Gasteiger partial charge is 0.497 e. The molecule has 1 aliphatic heterocycles. The number of ether oxygens (including phenoxy) is 2. The highest BCUT2D eigenvalue weighted by Crippen LogP contribution is 2.32. The lowest BCUT2D eigenvalue weighted by molar-refractivity contribution is -0.113. The predicted octanol–water partition coefficient (Wildman–Crippen LogP) is 7.42. The quantitative estimate of drug-likeness (QED) is 0.184. The van der Waals surface area contributed by atoms with Crippen LogP contribution in [-0.2, 0) is 11.4 Å². The number of carbonyl (C=O) groups excluding carboxylic acids is 1. The number of nitrogens with one attached hydrogen (secondary N) is 1. The molecule has 4 aromatic carbocycles. The second kappa shape index (κ2) is 13.6. The third kappa shape index (κ3) is 6.62. The van der Waals surface area contributed by atoms with E-state index in [0.717, 1.165) is 11.1 Å². The molecule has 1 amide bonds. The summed E-state index contributed by atoms with van der Waals surface area (Å²) >= 11 is 20.0. The predicted molar refractivity (Wildman–Crippen MR) is 184 cm³/mol. The Bertz CT molecular complexity index is 2160. The first-order valence-corrected chi connectivity index (χ1v) is 16.1. The van der Waals surface area contributed by atoms with Crippen molar-refractivity contribution in [2.75, 3.05) is 12.4 Å². The molecule has 0 fully saturated rings. The van der Waals surface area contributed by atoms with Gasteiger partial charge in [0.25, 0.3) is 11.5 Å². The van der Waals surface area contributed by atoms with Crippen LogP contribution in [0.1, 0.15) is 29.7 Å². The molecule has 2 heterocycles. The Morgan fingerprint density at radius 3 is 2.41 bits per heavy atom. The van der Waals surface area contributed by atoms with Gasteiger partial charge in [-0.25, -0.2) is 4.99 Å². The molecule has 0 saturated carbocycles. The number of halogens is 3. The summed E-state index contributed by atoms with van der Waals surface area (Å²) in [5.74, 6) is 0.807. The van der Waals surface area contributed by atoms with E-state index >= 15 is 0 Å². The molecule has 1 N–H and O–H groups in total. The third-order valence-electron chi connectivity index (χ3n) is 7.39. The van der Waals surface area contributed by atoms with Gasteiger partial charge in [0.05, 0.1) is 29.0 Å². The van der Waals surface area contributed by atoms with Crippen LogP contribution >= 0.6 is 46.1 Å². The van der Waals surface area contributed by atoms with Crippen LogP contribution < -0.4 is 29.7 Å². The minimum Gasteiger partial charge on any atom is -0.497 e. The van der Waals surface area contributed by atoms with Gasteiger partial charge in [-0.2, -0.15) is 0 Å². The number of anilines is 1. The van der Waals surface area contributed by atoms with Crippen molar-refractivity contribution in [1.29, 1.82) is 0 Å². The molecule has 0 saturated heterocycles. The van der Waals surface area contributed by atoms with Crippen molar-refractivity contribution in [2.45, 2.75) is 19.6 Å². The summed E-state index contributed by atoms with van der Waals surface area (Å²) in [6.07, 6.45) is 1.72. The number of thiazole rings is 1. The van der Waals surface area contributed by atoms with Gasteiger partial charge in [-0.1, -0.05) is 82.5 Å². The van der Waals surface area contributed by atoms with E-state index in [1.54, 1.807) is 85.3 Å². The molecule has 0 bridgehead atoms. The topological polar surface area (TPSA) is 81.9 Å². The minimum absolute atomic E-state index is 0.177. The SMILES string of the molecule is COc1ccc([C@@H]2C(C(=O)Nc3ccccc3)=C(C)N=c3s/c(=C/c4cc(Cl)ccc4OCc4ccc(Cl)cc4Cl)c(=O)n32)cc1. The zero-order chi connectivity index (χ0) is 32.4. The van der Waals surface area contributed by atoms with Crippen LogP contribution in [0.3, 0.4) is 0 Å². The summed E-state index contributed by atoms with van der Waals surface area (Å²) in [6, 6.07) is 26.1. The normalized spacial score (nSPS) is 14.5. The van der Waals surface area contributed by atoms with Crippen molar-refractivity contribution in [2.24, 2.45) is 4.99 Å². The fourth-order valence-electron chi connectivity index (χ4n) is 5.13. The van der Waals surface area contributed by atoms with Crippen LogP contribution in [0.15, 0.2) is 112 Å². The first kappa shape index (κ1) is 31.6. The Morgan fingerprint density at radius 2 is 1.70 bits per heavy atom. The summed E-state index contributed by atoms with van der Waals surface area (Å²) in [7, 11) is 1.58. The Labute approximate surface area is 283 Å². The summed E-state index contributed by atoms with van der Waals surface area (Å²) in [6.45, 7) is 1.95. The number of hydrogen-bond donors (Lipinski definition) is 1. The molecule has 6 rings (SSSR count). The van der Waals surface area contributed by atoms with Gasteiger partial charge in [-0.15, -0.1) is 0 Å². The lowest BCUT2D eigenvalue weighted by atomic mass is 9.95. The van der Waals surface area contributed by atoms with Gasteiger partial charge in [0.1, 0.15) is 18.1 Å². The van der Waals surface area contributed by atoms with E-state index in [1.165, 1.54) is 11.3 Å². The molecule has 0 spiro atoms. The molecule has 1 atom stereocenters. The van der Waals surface area contributed by atoms with Crippen molar-refractivity contribution in [1.82, 2.24) is 4.57 Å². The molecule has 0 unspecified atom stereocenters. The first-order valence-electron chi connectivity index (χ1n) is 14.1. The van der Waals surface area contributed by atoms with Crippen LogP contribution in [0.4, 0.5) is 5.69 Å². The molecular formula is C35H26Cl3N3O4S. The second-order valence-electron chi connectivity index (χ2n) is 10.4. The molecule has 1 aromatic heterocycles. The van der Waals surface area contributed by atoms with Gasteiger partial charge < -0.3 is 14.8 Å². The number of nitrogens with zero attached hydrogens (tertiary/aromatic N) is 2. The maximum absolute atomic E-state index is 14.2. The van der Waals surface area contributed by atoms with Crippen LogP contribution in [0.25, 0.3) is 6.08 Å². The van der Waals surface area contributed by atoms with E-state index in [4.69, 9.17) is 49.3 Å². The number of rotatable bonds is 8.